The van der Waals surface area contributed by atoms with Gasteiger partial charge in [0.2, 0.25) is 0 Å². The maximum Gasteiger partial charge on any atom is 0.303 e. The second kappa shape index (κ2) is 7.13. The van der Waals surface area contributed by atoms with Crippen molar-refractivity contribution in [3.8, 4) is 0 Å². The zero-order valence-corrected chi connectivity index (χ0v) is 11.4. The van der Waals surface area contributed by atoms with Gasteiger partial charge < -0.3 is 10.0 Å². The van der Waals surface area contributed by atoms with Crippen LogP contribution in [-0.2, 0) is 4.79 Å². The summed E-state index contributed by atoms with van der Waals surface area (Å²) in [5.41, 5.74) is 0. The molecule has 2 rings (SSSR count). The minimum Gasteiger partial charge on any atom is -0.481 e. The lowest BCUT2D eigenvalue weighted by molar-refractivity contribution is -0.137. The molecule has 2 aliphatic rings. The molecule has 1 aliphatic carbocycles. The van der Waals surface area contributed by atoms with Crippen LogP contribution in [0.3, 0.4) is 0 Å². The topological polar surface area (TPSA) is 40.5 Å². The Morgan fingerprint density at radius 1 is 1.06 bits per heavy atom. The third-order valence-electron chi connectivity index (χ3n) is 4.70. The van der Waals surface area contributed by atoms with Gasteiger partial charge in [0.25, 0.3) is 0 Å². The highest BCUT2D eigenvalue weighted by molar-refractivity contribution is 5.66. The van der Waals surface area contributed by atoms with E-state index in [4.69, 9.17) is 5.11 Å². The Morgan fingerprint density at radius 2 is 1.78 bits per heavy atom. The van der Waals surface area contributed by atoms with E-state index in [1.807, 2.05) is 0 Å². The van der Waals surface area contributed by atoms with Gasteiger partial charge >= 0.3 is 5.97 Å². The molecule has 1 N–H and O–H groups in total. The maximum atomic E-state index is 10.6. The van der Waals surface area contributed by atoms with Crippen LogP contribution in [0.4, 0.5) is 0 Å². The van der Waals surface area contributed by atoms with E-state index < -0.39 is 5.97 Å². The van der Waals surface area contributed by atoms with E-state index in [1.54, 1.807) is 0 Å². The minimum atomic E-state index is -0.641. The molecule has 0 spiro atoms. The van der Waals surface area contributed by atoms with E-state index in [2.05, 4.69) is 4.90 Å². The van der Waals surface area contributed by atoms with Crippen molar-refractivity contribution in [3.63, 3.8) is 0 Å². The average Bonchev–Trinajstić information content (AvgIpc) is 2.87. The number of piperidine rings is 1. The number of nitrogens with zero attached hydrogens (tertiary/aromatic N) is 1. The number of hydrogen-bond acceptors (Lipinski definition) is 2. The summed E-state index contributed by atoms with van der Waals surface area (Å²) in [6, 6.07) is 0. The van der Waals surface area contributed by atoms with Crippen LogP contribution in [0.2, 0.25) is 0 Å². The first-order valence-corrected chi connectivity index (χ1v) is 7.68. The monoisotopic (exact) mass is 253 g/mol. The first-order valence-electron chi connectivity index (χ1n) is 7.68. The highest BCUT2D eigenvalue weighted by atomic mass is 16.4. The van der Waals surface area contributed by atoms with Gasteiger partial charge in [-0.05, 0) is 50.6 Å². The molecule has 1 unspecified atom stereocenters. The van der Waals surface area contributed by atoms with Crippen LogP contribution in [0.15, 0.2) is 0 Å². The van der Waals surface area contributed by atoms with Gasteiger partial charge in [-0.1, -0.05) is 25.7 Å². The van der Waals surface area contributed by atoms with Crippen LogP contribution < -0.4 is 0 Å². The maximum absolute atomic E-state index is 10.6. The predicted molar refractivity (Wildman–Crippen MR) is 72.6 cm³/mol. The summed E-state index contributed by atoms with van der Waals surface area (Å²) in [6.45, 7) is 3.62. The highest BCUT2D eigenvalue weighted by Crippen LogP contribution is 2.28. The molecule has 18 heavy (non-hydrogen) atoms. The molecule has 0 aromatic carbocycles. The first-order chi connectivity index (χ1) is 8.74. The van der Waals surface area contributed by atoms with Crippen molar-refractivity contribution >= 4 is 5.97 Å². The lowest BCUT2D eigenvalue weighted by Crippen LogP contribution is -2.36. The Hall–Kier alpha value is -0.570. The fourth-order valence-electron chi connectivity index (χ4n) is 3.58. The Morgan fingerprint density at radius 3 is 2.50 bits per heavy atom. The highest BCUT2D eigenvalue weighted by Gasteiger charge is 2.22. The van der Waals surface area contributed by atoms with Crippen molar-refractivity contribution in [2.75, 3.05) is 19.6 Å². The lowest BCUT2D eigenvalue weighted by atomic mass is 9.93. The molecule has 3 heteroatoms. The Labute approximate surface area is 111 Å². The van der Waals surface area contributed by atoms with E-state index in [9.17, 15) is 4.79 Å². The van der Waals surface area contributed by atoms with Crippen LogP contribution in [0, 0.1) is 11.8 Å². The van der Waals surface area contributed by atoms with Gasteiger partial charge in [0.1, 0.15) is 0 Å². The van der Waals surface area contributed by atoms with Crippen LogP contribution in [-0.4, -0.2) is 35.6 Å². The molecular formula is C15H27NO2. The SMILES string of the molecule is O=C(O)CCC1CCCN(CCC2CCCC2)C1. The summed E-state index contributed by atoms with van der Waals surface area (Å²) in [4.78, 5) is 13.2. The van der Waals surface area contributed by atoms with Crippen molar-refractivity contribution in [1.29, 1.82) is 0 Å². The lowest BCUT2D eigenvalue weighted by Gasteiger charge is -2.33. The van der Waals surface area contributed by atoms with Gasteiger partial charge in [0.05, 0.1) is 0 Å². The minimum absolute atomic E-state index is 0.348. The van der Waals surface area contributed by atoms with Gasteiger partial charge in [0.15, 0.2) is 0 Å². The van der Waals surface area contributed by atoms with Gasteiger partial charge in [-0.25, -0.2) is 0 Å². The van der Waals surface area contributed by atoms with Crippen molar-refractivity contribution in [2.45, 2.75) is 57.8 Å². The third-order valence-corrected chi connectivity index (χ3v) is 4.70. The Balaban J connectivity index is 1.64. The number of carbonyl (C=O) groups is 1. The van der Waals surface area contributed by atoms with E-state index in [0.717, 1.165) is 18.9 Å². The van der Waals surface area contributed by atoms with Gasteiger partial charge in [-0.2, -0.15) is 0 Å². The molecule has 0 aromatic rings. The third kappa shape index (κ3) is 4.60. The quantitative estimate of drug-likeness (QED) is 0.790. The van der Waals surface area contributed by atoms with E-state index in [0.29, 0.717) is 12.3 Å². The molecule has 3 nitrogen and oxygen atoms in total. The van der Waals surface area contributed by atoms with Crippen LogP contribution in [0.1, 0.15) is 57.8 Å². The second-order valence-corrected chi connectivity index (χ2v) is 6.18. The summed E-state index contributed by atoms with van der Waals surface area (Å²) < 4.78 is 0. The fourth-order valence-corrected chi connectivity index (χ4v) is 3.58. The number of rotatable bonds is 6. The molecule has 1 aliphatic heterocycles. The van der Waals surface area contributed by atoms with Crippen molar-refractivity contribution in [2.24, 2.45) is 11.8 Å². The van der Waals surface area contributed by atoms with Crippen molar-refractivity contribution in [3.05, 3.63) is 0 Å². The predicted octanol–water partition coefficient (Wildman–Crippen LogP) is 3.14. The van der Waals surface area contributed by atoms with Gasteiger partial charge in [-0.15, -0.1) is 0 Å². The first kappa shape index (κ1) is 13.9. The normalized spacial score (nSPS) is 26.6. The van der Waals surface area contributed by atoms with Gasteiger partial charge in [0, 0.05) is 13.0 Å². The van der Waals surface area contributed by atoms with Gasteiger partial charge in [-0.3, -0.25) is 4.79 Å². The molecule has 0 aromatic heterocycles. The molecule has 1 saturated heterocycles. The Bertz CT molecular complexity index is 261. The molecule has 0 amide bonds. The standard InChI is InChI=1S/C15H27NO2/c17-15(18)8-7-14-6-3-10-16(12-14)11-9-13-4-1-2-5-13/h13-14H,1-12H2,(H,17,18). The fraction of sp³-hybridized carbons (Fsp3) is 0.933. The average molecular weight is 253 g/mol. The summed E-state index contributed by atoms with van der Waals surface area (Å²) >= 11 is 0. The van der Waals surface area contributed by atoms with Crippen LogP contribution >= 0.6 is 0 Å². The molecule has 0 bridgehead atoms. The van der Waals surface area contributed by atoms with E-state index in [1.165, 1.54) is 58.0 Å². The summed E-state index contributed by atoms with van der Waals surface area (Å²) in [5.74, 6) is 0.959. The molecule has 2 fully saturated rings. The van der Waals surface area contributed by atoms with E-state index >= 15 is 0 Å². The number of carboxylic acid groups (broad SMARTS) is 1. The number of carboxylic acids is 1. The largest absolute Gasteiger partial charge is 0.481 e. The number of likely N-dealkylation sites (tertiary alicyclic amines) is 1. The molecule has 1 atom stereocenters. The molecule has 1 saturated carbocycles. The summed E-state index contributed by atoms with van der Waals surface area (Å²) in [6.07, 6.45) is 10.8. The summed E-state index contributed by atoms with van der Waals surface area (Å²) in [7, 11) is 0. The van der Waals surface area contributed by atoms with Crippen molar-refractivity contribution < 1.29 is 9.90 Å². The smallest absolute Gasteiger partial charge is 0.303 e. The second-order valence-electron chi connectivity index (χ2n) is 6.18. The number of aliphatic carboxylic acids is 1. The van der Waals surface area contributed by atoms with Crippen molar-refractivity contribution in [1.82, 2.24) is 4.90 Å². The van der Waals surface area contributed by atoms with E-state index in [-0.39, 0.29) is 0 Å². The van der Waals surface area contributed by atoms with Crippen LogP contribution in [0.5, 0.6) is 0 Å². The molecule has 0 radical (unpaired) electrons. The van der Waals surface area contributed by atoms with Crippen LogP contribution in [0.25, 0.3) is 0 Å². The molecule has 104 valence electrons. The Kier molecular flexibility index (Phi) is 5.48. The summed E-state index contributed by atoms with van der Waals surface area (Å²) in [5, 5.41) is 8.74. The molecule has 1 heterocycles. The zero-order valence-electron chi connectivity index (χ0n) is 11.4. The molecular weight excluding hydrogens is 226 g/mol. The zero-order chi connectivity index (χ0) is 12.8. The number of hydrogen-bond donors (Lipinski definition) is 1.